The average Bonchev–Trinajstić information content (AvgIpc) is 2.70. The van der Waals surface area contributed by atoms with Gasteiger partial charge in [-0.15, -0.1) is 0 Å². The summed E-state index contributed by atoms with van der Waals surface area (Å²) in [5.41, 5.74) is 3.58. The number of hydrogen-bond donors (Lipinski definition) is 1. The van der Waals surface area contributed by atoms with Crippen LogP contribution in [-0.4, -0.2) is 53.4 Å². The summed E-state index contributed by atoms with van der Waals surface area (Å²) in [5.74, 6) is 0.0974. The molecule has 2 aromatic rings. The number of carbonyl (C=O) groups is 1. The second-order valence-corrected chi connectivity index (χ2v) is 7.26. The predicted molar refractivity (Wildman–Crippen MR) is 108 cm³/mol. The molecule has 1 aromatic heterocycles. The van der Waals surface area contributed by atoms with Crippen LogP contribution < -0.4 is 5.32 Å². The van der Waals surface area contributed by atoms with Crippen LogP contribution in [0, 0.1) is 0 Å². The summed E-state index contributed by atoms with van der Waals surface area (Å²) in [6.45, 7) is 9.32. The summed E-state index contributed by atoms with van der Waals surface area (Å²) in [7, 11) is 0. The molecule has 0 spiro atoms. The fraction of sp³-hybridized carbons (Fsp3) is 0.455. The van der Waals surface area contributed by atoms with E-state index < -0.39 is 0 Å². The van der Waals surface area contributed by atoms with E-state index in [0.29, 0.717) is 6.54 Å². The van der Waals surface area contributed by atoms with Crippen LogP contribution in [0.15, 0.2) is 48.7 Å². The van der Waals surface area contributed by atoms with Crippen LogP contribution in [0.25, 0.3) is 0 Å². The van der Waals surface area contributed by atoms with Gasteiger partial charge in [-0.3, -0.25) is 19.6 Å². The summed E-state index contributed by atoms with van der Waals surface area (Å²) in [6.07, 6.45) is 2.88. The Morgan fingerprint density at radius 1 is 1.07 bits per heavy atom. The molecule has 5 nitrogen and oxygen atoms in total. The first-order chi connectivity index (χ1) is 13.1. The lowest BCUT2D eigenvalue weighted by Crippen LogP contribution is -2.49. The first-order valence-electron chi connectivity index (χ1n) is 9.87. The third-order valence-corrected chi connectivity index (χ3v) is 5.21. The molecule has 0 bridgehead atoms. The molecule has 27 heavy (non-hydrogen) atoms. The van der Waals surface area contributed by atoms with Gasteiger partial charge in [0.1, 0.15) is 0 Å². The number of rotatable bonds is 7. The Labute approximate surface area is 162 Å². The molecule has 1 aliphatic rings. The van der Waals surface area contributed by atoms with Crippen molar-refractivity contribution in [3.05, 3.63) is 65.5 Å². The largest absolute Gasteiger partial charge is 0.348 e. The van der Waals surface area contributed by atoms with Crippen molar-refractivity contribution in [2.24, 2.45) is 0 Å². The maximum Gasteiger partial charge on any atom is 0.234 e. The fourth-order valence-electron chi connectivity index (χ4n) is 3.44. The maximum atomic E-state index is 12.4. The highest BCUT2D eigenvalue weighted by Crippen LogP contribution is 2.14. The molecule has 2 heterocycles. The summed E-state index contributed by atoms with van der Waals surface area (Å²) in [6, 6.07) is 14.6. The SMILES string of the molecule is CCc1ccc([C@@H](C)NC(=O)CN2CCN(Cc3ccccn3)CC2)cc1. The van der Waals surface area contributed by atoms with Gasteiger partial charge >= 0.3 is 0 Å². The Morgan fingerprint density at radius 3 is 2.41 bits per heavy atom. The molecule has 1 fully saturated rings. The van der Waals surface area contributed by atoms with Gasteiger partial charge in [0.25, 0.3) is 0 Å². The average molecular weight is 367 g/mol. The molecule has 1 N–H and O–H groups in total. The molecule has 0 unspecified atom stereocenters. The molecule has 1 saturated heterocycles. The molecule has 1 aliphatic heterocycles. The lowest BCUT2D eigenvalue weighted by Gasteiger charge is -2.34. The number of hydrogen-bond acceptors (Lipinski definition) is 4. The van der Waals surface area contributed by atoms with Crippen LogP contribution in [-0.2, 0) is 17.8 Å². The van der Waals surface area contributed by atoms with Gasteiger partial charge < -0.3 is 5.32 Å². The zero-order valence-electron chi connectivity index (χ0n) is 16.4. The van der Waals surface area contributed by atoms with Crippen molar-refractivity contribution in [2.75, 3.05) is 32.7 Å². The number of piperazine rings is 1. The van der Waals surface area contributed by atoms with Crippen LogP contribution in [0.1, 0.15) is 36.7 Å². The van der Waals surface area contributed by atoms with Gasteiger partial charge in [-0.25, -0.2) is 0 Å². The van der Waals surface area contributed by atoms with Crippen molar-refractivity contribution in [1.29, 1.82) is 0 Å². The van der Waals surface area contributed by atoms with Gasteiger partial charge in [0, 0.05) is 38.9 Å². The lowest BCUT2D eigenvalue weighted by atomic mass is 10.1. The predicted octanol–water partition coefficient (Wildman–Crippen LogP) is 2.64. The van der Waals surface area contributed by atoms with Crippen LogP contribution in [0.2, 0.25) is 0 Å². The minimum atomic E-state index is 0.0360. The molecule has 0 saturated carbocycles. The molecule has 5 heteroatoms. The Hall–Kier alpha value is -2.24. The van der Waals surface area contributed by atoms with E-state index in [0.717, 1.165) is 50.4 Å². The first kappa shape index (κ1) is 19.5. The Kier molecular flexibility index (Phi) is 6.96. The molecule has 1 amide bonds. The molecular weight excluding hydrogens is 336 g/mol. The number of aromatic nitrogens is 1. The second kappa shape index (κ2) is 9.62. The smallest absolute Gasteiger partial charge is 0.234 e. The summed E-state index contributed by atoms with van der Waals surface area (Å²) >= 11 is 0. The normalized spacial score (nSPS) is 16.8. The molecule has 3 rings (SSSR count). The number of amides is 1. The zero-order chi connectivity index (χ0) is 19.1. The molecule has 1 atom stereocenters. The Bertz CT molecular complexity index is 709. The molecule has 144 valence electrons. The van der Waals surface area contributed by atoms with E-state index >= 15 is 0 Å². The van der Waals surface area contributed by atoms with E-state index in [2.05, 4.69) is 57.4 Å². The number of benzene rings is 1. The maximum absolute atomic E-state index is 12.4. The van der Waals surface area contributed by atoms with Gasteiger partial charge in [0.05, 0.1) is 18.3 Å². The van der Waals surface area contributed by atoms with Crippen molar-refractivity contribution < 1.29 is 4.79 Å². The number of pyridine rings is 1. The van der Waals surface area contributed by atoms with Crippen LogP contribution in [0.4, 0.5) is 0 Å². The van der Waals surface area contributed by atoms with Crippen molar-refractivity contribution in [3.63, 3.8) is 0 Å². The summed E-state index contributed by atoms with van der Waals surface area (Å²) in [4.78, 5) is 21.4. The number of carbonyl (C=O) groups excluding carboxylic acids is 1. The van der Waals surface area contributed by atoms with Crippen LogP contribution >= 0.6 is 0 Å². The highest BCUT2D eigenvalue weighted by atomic mass is 16.2. The summed E-state index contributed by atoms with van der Waals surface area (Å²) in [5, 5.41) is 3.13. The van der Waals surface area contributed by atoms with Gasteiger partial charge in [-0.2, -0.15) is 0 Å². The van der Waals surface area contributed by atoms with Gasteiger partial charge in [0.2, 0.25) is 5.91 Å². The van der Waals surface area contributed by atoms with Crippen molar-refractivity contribution in [2.45, 2.75) is 32.9 Å². The van der Waals surface area contributed by atoms with Crippen LogP contribution in [0.3, 0.4) is 0 Å². The molecule has 1 aromatic carbocycles. The van der Waals surface area contributed by atoms with Crippen molar-refractivity contribution in [1.82, 2.24) is 20.1 Å². The van der Waals surface area contributed by atoms with E-state index in [1.54, 1.807) is 0 Å². The monoisotopic (exact) mass is 366 g/mol. The minimum absolute atomic E-state index is 0.0360. The van der Waals surface area contributed by atoms with Crippen LogP contribution in [0.5, 0.6) is 0 Å². The Morgan fingerprint density at radius 2 is 1.78 bits per heavy atom. The second-order valence-electron chi connectivity index (χ2n) is 7.26. The molecule has 0 radical (unpaired) electrons. The van der Waals surface area contributed by atoms with Gasteiger partial charge in [0.15, 0.2) is 0 Å². The topological polar surface area (TPSA) is 48.5 Å². The van der Waals surface area contributed by atoms with Gasteiger partial charge in [-0.1, -0.05) is 37.3 Å². The van der Waals surface area contributed by atoms with E-state index in [9.17, 15) is 4.79 Å². The van der Waals surface area contributed by atoms with E-state index in [-0.39, 0.29) is 11.9 Å². The third-order valence-electron chi connectivity index (χ3n) is 5.21. The number of nitrogens with one attached hydrogen (secondary N) is 1. The van der Waals surface area contributed by atoms with Crippen molar-refractivity contribution >= 4 is 5.91 Å². The fourth-order valence-corrected chi connectivity index (χ4v) is 3.44. The van der Waals surface area contributed by atoms with E-state index in [1.807, 2.05) is 25.3 Å². The highest BCUT2D eigenvalue weighted by Gasteiger charge is 2.20. The van der Waals surface area contributed by atoms with E-state index in [1.165, 1.54) is 5.56 Å². The molecular formula is C22H30N4O. The number of aryl methyl sites for hydroxylation is 1. The molecule has 0 aliphatic carbocycles. The standard InChI is InChI=1S/C22H30N4O/c1-3-19-7-9-20(10-8-19)18(2)24-22(27)17-26-14-12-25(13-15-26)16-21-6-4-5-11-23-21/h4-11,18H,3,12-17H2,1-2H3,(H,24,27)/t18-/m1/s1. The zero-order valence-corrected chi connectivity index (χ0v) is 16.4. The Balaban J connectivity index is 1.41. The highest BCUT2D eigenvalue weighted by molar-refractivity contribution is 5.78. The third kappa shape index (κ3) is 5.88. The summed E-state index contributed by atoms with van der Waals surface area (Å²) < 4.78 is 0. The minimum Gasteiger partial charge on any atom is -0.348 e. The lowest BCUT2D eigenvalue weighted by molar-refractivity contribution is -0.123. The van der Waals surface area contributed by atoms with Crippen molar-refractivity contribution in [3.8, 4) is 0 Å². The first-order valence-corrected chi connectivity index (χ1v) is 9.87. The van der Waals surface area contributed by atoms with Gasteiger partial charge in [-0.05, 0) is 36.6 Å². The quantitative estimate of drug-likeness (QED) is 0.818. The number of nitrogens with zero attached hydrogens (tertiary/aromatic N) is 3. The van der Waals surface area contributed by atoms with E-state index in [4.69, 9.17) is 0 Å².